The number of anilines is 3. The first-order chi connectivity index (χ1) is 13.3. The van der Waals surface area contributed by atoms with Gasteiger partial charge < -0.3 is 15.4 Å². The molecule has 0 bridgehead atoms. The van der Waals surface area contributed by atoms with Gasteiger partial charge in [-0.25, -0.2) is 4.79 Å². The lowest BCUT2D eigenvalue weighted by molar-refractivity contribution is -0.114. The van der Waals surface area contributed by atoms with Crippen molar-refractivity contribution in [2.24, 2.45) is 5.92 Å². The van der Waals surface area contributed by atoms with Crippen molar-refractivity contribution < 1.29 is 14.3 Å². The Morgan fingerprint density at radius 1 is 0.893 bits per heavy atom. The Morgan fingerprint density at radius 3 is 2.21 bits per heavy atom. The highest BCUT2D eigenvalue weighted by Gasteiger charge is 2.07. The maximum Gasteiger partial charge on any atom is 0.411 e. The molecule has 150 valence electrons. The summed E-state index contributed by atoms with van der Waals surface area (Å²) in [6.07, 6.45) is -0.492. The molecule has 2 aromatic carbocycles. The zero-order valence-electron chi connectivity index (χ0n) is 16.9. The average molecular weight is 383 g/mol. The Bertz CT molecular complexity index is 786. The van der Waals surface area contributed by atoms with Crippen LogP contribution in [-0.4, -0.2) is 25.2 Å². The van der Waals surface area contributed by atoms with Gasteiger partial charge in [0.25, 0.3) is 0 Å². The summed E-state index contributed by atoms with van der Waals surface area (Å²) < 4.78 is 5.10. The fourth-order valence-electron chi connectivity index (χ4n) is 2.44. The third-order valence-electron chi connectivity index (χ3n) is 3.97. The molecule has 28 heavy (non-hydrogen) atoms. The molecular weight excluding hydrogens is 354 g/mol. The maximum absolute atomic E-state index is 12.2. The van der Waals surface area contributed by atoms with Gasteiger partial charge in [-0.05, 0) is 47.7 Å². The van der Waals surface area contributed by atoms with Gasteiger partial charge in [-0.2, -0.15) is 0 Å². The Labute approximate surface area is 166 Å². The van der Waals surface area contributed by atoms with Gasteiger partial charge in [-0.1, -0.05) is 45.9 Å². The summed E-state index contributed by atoms with van der Waals surface area (Å²) in [7, 11) is 0. The van der Waals surface area contributed by atoms with Crippen LogP contribution >= 0.6 is 0 Å². The fraction of sp³-hybridized carbons (Fsp3) is 0.364. The average Bonchev–Trinajstić information content (AvgIpc) is 2.65. The van der Waals surface area contributed by atoms with Crippen molar-refractivity contribution in [3.05, 3.63) is 54.1 Å². The minimum atomic E-state index is -0.492. The minimum absolute atomic E-state index is 0.118. The Balaban J connectivity index is 1.83. The predicted molar refractivity (Wildman–Crippen MR) is 114 cm³/mol. The number of hydrogen-bond donors (Lipinski definition) is 3. The third kappa shape index (κ3) is 7.31. The molecule has 6 nitrogen and oxygen atoms in total. The smallest absolute Gasteiger partial charge is 0.411 e. The van der Waals surface area contributed by atoms with Gasteiger partial charge in [0.15, 0.2) is 0 Å². The van der Waals surface area contributed by atoms with Crippen molar-refractivity contribution in [2.75, 3.05) is 29.1 Å². The van der Waals surface area contributed by atoms with Crippen LogP contribution in [0.5, 0.6) is 0 Å². The predicted octanol–water partition coefficient (Wildman–Crippen LogP) is 5.07. The molecule has 0 heterocycles. The van der Waals surface area contributed by atoms with E-state index >= 15 is 0 Å². The second-order valence-electron chi connectivity index (χ2n) is 7.38. The molecule has 2 rings (SSSR count). The van der Waals surface area contributed by atoms with Crippen molar-refractivity contribution in [3.63, 3.8) is 0 Å². The van der Waals surface area contributed by atoms with Crippen molar-refractivity contribution >= 4 is 29.1 Å². The lowest BCUT2D eigenvalue weighted by Crippen LogP contribution is -2.22. The molecule has 0 saturated heterocycles. The first-order valence-corrected chi connectivity index (χ1v) is 9.51. The molecule has 0 aliphatic rings. The van der Waals surface area contributed by atoms with Crippen LogP contribution in [-0.2, 0) is 9.53 Å². The number of carbonyl (C=O) groups excluding carboxylic acids is 2. The third-order valence-corrected chi connectivity index (χ3v) is 3.97. The van der Waals surface area contributed by atoms with Crippen LogP contribution in [0.4, 0.5) is 21.9 Å². The van der Waals surface area contributed by atoms with E-state index in [9.17, 15) is 9.59 Å². The molecule has 2 amide bonds. The van der Waals surface area contributed by atoms with E-state index in [1.165, 1.54) is 5.56 Å². The number of rotatable bonds is 8. The van der Waals surface area contributed by atoms with E-state index in [1.807, 2.05) is 44.2 Å². The molecule has 0 spiro atoms. The zero-order chi connectivity index (χ0) is 20.5. The van der Waals surface area contributed by atoms with E-state index in [0.29, 0.717) is 18.2 Å². The second-order valence-corrected chi connectivity index (χ2v) is 7.38. The van der Waals surface area contributed by atoms with Crippen LogP contribution in [0.3, 0.4) is 0 Å². The Morgan fingerprint density at radius 2 is 1.57 bits per heavy atom. The van der Waals surface area contributed by atoms with Crippen LogP contribution in [0.15, 0.2) is 48.5 Å². The van der Waals surface area contributed by atoms with Crippen molar-refractivity contribution in [2.45, 2.75) is 33.6 Å². The van der Waals surface area contributed by atoms with Crippen LogP contribution in [0, 0.1) is 5.92 Å². The molecule has 3 N–H and O–H groups in total. The highest BCUT2D eigenvalue weighted by atomic mass is 16.5. The molecule has 6 heteroatoms. The second kappa shape index (κ2) is 10.3. The molecule has 0 saturated carbocycles. The number of hydrogen-bond acceptors (Lipinski definition) is 4. The highest BCUT2D eigenvalue weighted by molar-refractivity contribution is 5.94. The Kier molecular flexibility index (Phi) is 7.87. The largest absolute Gasteiger partial charge is 0.449 e. The van der Waals surface area contributed by atoms with E-state index in [1.54, 1.807) is 18.2 Å². The summed E-state index contributed by atoms with van der Waals surface area (Å²) in [5.74, 6) is 0.584. The molecule has 0 unspecified atom stereocenters. The Hall–Kier alpha value is -3.02. The van der Waals surface area contributed by atoms with Gasteiger partial charge in [0.1, 0.15) is 0 Å². The van der Waals surface area contributed by atoms with Gasteiger partial charge in [-0.3, -0.25) is 10.1 Å². The topological polar surface area (TPSA) is 79.5 Å². The number of nitrogens with one attached hydrogen (secondary N) is 3. The zero-order valence-corrected chi connectivity index (χ0v) is 16.9. The number of ether oxygens (including phenoxy) is 1. The highest BCUT2D eigenvalue weighted by Crippen LogP contribution is 2.18. The maximum atomic E-state index is 12.2. The number of benzene rings is 2. The van der Waals surface area contributed by atoms with E-state index in [2.05, 4.69) is 29.8 Å². The van der Waals surface area contributed by atoms with Crippen molar-refractivity contribution in [3.8, 4) is 0 Å². The van der Waals surface area contributed by atoms with Crippen LogP contribution in [0.2, 0.25) is 0 Å². The van der Waals surface area contributed by atoms with E-state index in [0.717, 1.165) is 11.4 Å². The quantitative estimate of drug-likeness (QED) is 0.595. The summed E-state index contributed by atoms with van der Waals surface area (Å²) in [6.45, 7) is 8.69. The van der Waals surface area contributed by atoms with Crippen molar-refractivity contribution in [1.29, 1.82) is 0 Å². The summed E-state index contributed by atoms with van der Waals surface area (Å²) in [5.41, 5.74) is 3.32. The molecule has 0 aromatic heterocycles. The van der Waals surface area contributed by atoms with Gasteiger partial charge in [0.05, 0.1) is 13.2 Å². The molecule has 0 aliphatic carbocycles. The van der Waals surface area contributed by atoms with Crippen LogP contribution in [0.1, 0.15) is 39.2 Å². The van der Waals surface area contributed by atoms with Gasteiger partial charge >= 0.3 is 6.09 Å². The van der Waals surface area contributed by atoms with Gasteiger partial charge in [0, 0.05) is 17.1 Å². The normalized spacial score (nSPS) is 10.6. The molecular formula is C22H29N3O3. The standard InChI is InChI=1S/C22H29N3O3/c1-15(2)14-28-22(27)25-20-7-5-6-19(12-20)23-13-21(26)24-18-10-8-17(9-11-18)16(3)4/h5-12,15-16,23H,13-14H2,1-4H3,(H,24,26)(H,25,27). The van der Waals surface area contributed by atoms with Crippen LogP contribution < -0.4 is 16.0 Å². The van der Waals surface area contributed by atoms with Crippen molar-refractivity contribution in [1.82, 2.24) is 0 Å². The number of amides is 2. The molecule has 0 radical (unpaired) electrons. The SMILES string of the molecule is CC(C)COC(=O)Nc1cccc(NCC(=O)Nc2ccc(C(C)C)cc2)c1. The summed E-state index contributed by atoms with van der Waals surface area (Å²) >= 11 is 0. The summed E-state index contributed by atoms with van der Waals surface area (Å²) in [5, 5.41) is 8.59. The molecule has 0 fully saturated rings. The van der Waals surface area contributed by atoms with Gasteiger partial charge in [-0.15, -0.1) is 0 Å². The molecule has 2 aromatic rings. The van der Waals surface area contributed by atoms with Crippen LogP contribution in [0.25, 0.3) is 0 Å². The van der Waals surface area contributed by atoms with E-state index < -0.39 is 6.09 Å². The first kappa shape index (κ1) is 21.3. The van der Waals surface area contributed by atoms with Gasteiger partial charge in [0.2, 0.25) is 5.91 Å². The number of carbonyl (C=O) groups is 2. The summed E-state index contributed by atoms with van der Waals surface area (Å²) in [6, 6.07) is 15.0. The first-order valence-electron chi connectivity index (χ1n) is 9.51. The van der Waals surface area contributed by atoms with E-state index in [-0.39, 0.29) is 18.4 Å². The molecule has 0 atom stereocenters. The molecule has 0 aliphatic heterocycles. The fourth-order valence-corrected chi connectivity index (χ4v) is 2.44. The lowest BCUT2D eigenvalue weighted by atomic mass is 10.0. The minimum Gasteiger partial charge on any atom is -0.449 e. The summed E-state index contributed by atoms with van der Waals surface area (Å²) in [4.78, 5) is 23.9. The van der Waals surface area contributed by atoms with E-state index in [4.69, 9.17) is 4.74 Å². The lowest BCUT2D eigenvalue weighted by Gasteiger charge is -2.11. The monoisotopic (exact) mass is 383 g/mol.